The Labute approximate surface area is 109 Å². The van der Waals surface area contributed by atoms with Crippen LogP contribution >= 0.6 is 0 Å². The molecule has 0 aliphatic carbocycles. The van der Waals surface area contributed by atoms with Gasteiger partial charge in [-0.25, -0.2) is 9.37 Å². The molecule has 98 valence electrons. The monoisotopic (exact) mass is 260 g/mol. The molecular weight excluding hydrogens is 247 g/mol. The van der Waals surface area contributed by atoms with Crippen molar-refractivity contribution in [1.82, 2.24) is 4.98 Å². The van der Waals surface area contributed by atoms with Crippen LogP contribution in [0.1, 0.15) is 12.0 Å². The molecule has 2 N–H and O–H groups in total. The van der Waals surface area contributed by atoms with Gasteiger partial charge in [0, 0.05) is 12.6 Å². The largest absolute Gasteiger partial charge is 0.504 e. The number of amides is 1. The predicted octanol–water partition coefficient (Wildman–Crippen LogP) is 2.50. The number of benzene rings is 1. The number of carbonyl (C=O) groups is 1. The summed E-state index contributed by atoms with van der Waals surface area (Å²) in [6.45, 7) is 0. The van der Waals surface area contributed by atoms with Crippen molar-refractivity contribution in [2.75, 3.05) is 5.32 Å². The normalized spacial score (nSPS) is 10.2. The summed E-state index contributed by atoms with van der Waals surface area (Å²) in [7, 11) is 0. The average Bonchev–Trinajstić information content (AvgIpc) is 2.41. The number of aryl methyl sites for hydroxylation is 1. The van der Waals surface area contributed by atoms with Gasteiger partial charge in [0.25, 0.3) is 0 Å². The van der Waals surface area contributed by atoms with E-state index in [4.69, 9.17) is 0 Å². The second-order valence-corrected chi connectivity index (χ2v) is 4.05. The molecule has 0 aliphatic heterocycles. The molecule has 19 heavy (non-hydrogen) atoms. The third-order valence-electron chi connectivity index (χ3n) is 2.60. The lowest BCUT2D eigenvalue weighted by atomic mass is 10.1. The first kappa shape index (κ1) is 13.0. The molecule has 2 aromatic rings. The van der Waals surface area contributed by atoms with Crippen LogP contribution in [-0.2, 0) is 11.2 Å². The number of hydrogen-bond acceptors (Lipinski definition) is 3. The smallest absolute Gasteiger partial charge is 0.225 e. The summed E-state index contributed by atoms with van der Waals surface area (Å²) < 4.78 is 12.7. The van der Waals surface area contributed by atoms with Gasteiger partial charge in [-0.3, -0.25) is 4.79 Å². The maximum absolute atomic E-state index is 12.7. The molecule has 0 bridgehead atoms. The minimum atomic E-state index is -0.299. The number of aromatic nitrogens is 1. The fraction of sp³-hybridized carbons (Fsp3) is 0.143. The first-order valence-electron chi connectivity index (χ1n) is 5.83. The minimum Gasteiger partial charge on any atom is -0.504 e. The van der Waals surface area contributed by atoms with Gasteiger partial charge in [-0.05, 0) is 36.2 Å². The van der Waals surface area contributed by atoms with Gasteiger partial charge in [0.1, 0.15) is 5.82 Å². The van der Waals surface area contributed by atoms with E-state index in [0.29, 0.717) is 6.42 Å². The first-order chi connectivity index (χ1) is 9.15. The molecule has 0 spiro atoms. The number of halogens is 1. The zero-order valence-electron chi connectivity index (χ0n) is 10.1. The molecule has 0 atom stereocenters. The number of pyridine rings is 1. The van der Waals surface area contributed by atoms with Crippen molar-refractivity contribution >= 4 is 11.7 Å². The lowest BCUT2D eigenvalue weighted by Gasteiger charge is -2.05. The summed E-state index contributed by atoms with van der Waals surface area (Å²) in [4.78, 5) is 15.5. The van der Waals surface area contributed by atoms with Crippen molar-refractivity contribution in [3.05, 3.63) is 54.0 Å². The van der Waals surface area contributed by atoms with Crippen molar-refractivity contribution in [2.45, 2.75) is 12.8 Å². The van der Waals surface area contributed by atoms with E-state index in [0.717, 1.165) is 5.56 Å². The van der Waals surface area contributed by atoms with Crippen LogP contribution in [0, 0.1) is 5.82 Å². The Kier molecular flexibility index (Phi) is 4.07. The van der Waals surface area contributed by atoms with Gasteiger partial charge in [0.05, 0.1) is 0 Å². The van der Waals surface area contributed by atoms with Crippen LogP contribution in [-0.4, -0.2) is 16.0 Å². The Bertz CT molecular complexity index is 570. The summed E-state index contributed by atoms with van der Waals surface area (Å²) in [5, 5.41) is 12.0. The van der Waals surface area contributed by atoms with Crippen molar-refractivity contribution < 1.29 is 14.3 Å². The molecule has 1 aromatic carbocycles. The van der Waals surface area contributed by atoms with E-state index in [1.165, 1.54) is 24.4 Å². The highest BCUT2D eigenvalue weighted by molar-refractivity contribution is 5.91. The quantitative estimate of drug-likeness (QED) is 0.887. The SMILES string of the molecule is O=C(CCc1ccc(F)cc1)Nc1ncccc1O. The molecule has 0 saturated carbocycles. The second-order valence-electron chi connectivity index (χ2n) is 4.05. The zero-order valence-corrected chi connectivity index (χ0v) is 10.1. The average molecular weight is 260 g/mol. The number of hydrogen-bond donors (Lipinski definition) is 2. The third kappa shape index (κ3) is 3.77. The van der Waals surface area contributed by atoms with Gasteiger partial charge in [0.15, 0.2) is 11.6 Å². The summed E-state index contributed by atoms with van der Waals surface area (Å²) in [5.41, 5.74) is 0.877. The van der Waals surface area contributed by atoms with Crippen molar-refractivity contribution in [3.63, 3.8) is 0 Å². The van der Waals surface area contributed by atoms with Crippen LogP contribution in [0.15, 0.2) is 42.6 Å². The Balaban J connectivity index is 1.88. The molecule has 0 saturated heterocycles. The Hall–Kier alpha value is -2.43. The fourth-order valence-corrected chi connectivity index (χ4v) is 1.60. The highest BCUT2D eigenvalue weighted by atomic mass is 19.1. The highest BCUT2D eigenvalue weighted by Crippen LogP contribution is 2.18. The number of rotatable bonds is 4. The van der Waals surface area contributed by atoms with E-state index < -0.39 is 0 Å². The molecule has 1 amide bonds. The number of nitrogens with zero attached hydrogens (tertiary/aromatic N) is 1. The summed E-state index contributed by atoms with van der Waals surface area (Å²) in [6, 6.07) is 9.02. The van der Waals surface area contributed by atoms with E-state index in [2.05, 4.69) is 10.3 Å². The van der Waals surface area contributed by atoms with Gasteiger partial charge in [-0.1, -0.05) is 12.1 Å². The van der Waals surface area contributed by atoms with Gasteiger partial charge in [0.2, 0.25) is 5.91 Å². The summed E-state index contributed by atoms with van der Waals surface area (Å²) in [5.74, 6) is -0.478. The number of aromatic hydroxyl groups is 1. The van der Waals surface area contributed by atoms with Crippen LogP contribution in [0.5, 0.6) is 5.75 Å². The Morgan fingerprint density at radius 3 is 2.68 bits per heavy atom. The minimum absolute atomic E-state index is 0.0716. The predicted molar refractivity (Wildman–Crippen MR) is 69.3 cm³/mol. The molecule has 1 aromatic heterocycles. The van der Waals surface area contributed by atoms with Crippen molar-refractivity contribution in [1.29, 1.82) is 0 Å². The van der Waals surface area contributed by atoms with Crippen molar-refractivity contribution in [2.24, 2.45) is 0 Å². The fourth-order valence-electron chi connectivity index (χ4n) is 1.60. The summed E-state index contributed by atoms with van der Waals surface area (Å²) in [6.07, 6.45) is 2.22. The van der Waals surface area contributed by atoms with E-state index >= 15 is 0 Å². The van der Waals surface area contributed by atoms with E-state index in [1.54, 1.807) is 18.2 Å². The highest BCUT2D eigenvalue weighted by Gasteiger charge is 2.07. The molecule has 2 rings (SSSR count). The topological polar surface area (TPSA) is 62.2 Å². The second kappa shape index (κ2) is 5.95. The van der Waals surface area contributed by atoms with E-state index in [1.807, 2.05) is 0 Å². The van der Waals surface area contributed by atoms with Gasteiger partial charge in [-0.2, -0.15) is 0 Å². The maximum Gasteiger partial charge on any atom is 0.225 e. The lowest BCUT2D eigenvalue weighted by molar-refractivity contribution is -0.116. The molecule has 1 heterocycles. The molecule has 0 radical (unpaired) electrons. The van der Waals surface area contributed by atoms with Crippen molar-refractivity contribution in [3.8, 4) is 5.75 Å². The van der Waals surface area contributed by atoms with Crippen LogP contribution in [0.25, 0.3) is 0 Å². The number of nitrogens with one attached hydrogen (secondary N) is 1. The molecular formula is C14H13FN2O2. The number of anilines is 1. The van der Waals surface area contributed by atoms with Gasteiger partial charge in [-0.15, -0.1) is 0 Å². The maximum atomic E-state index is 12.7. The van der Waals surface area contributed by atoms with Crippen LogP contribution in [0.3, 0.4) is 0 Å². The zero-order chi connectivity index (χ0) is 13.7. The Morgan fingerprint density at radius 2 is 2.00 bits per heavy atom. The lowest BCUT2D eigenvalue weighted by Crippen LogP contribution is -2.13. The molecule has 0 aliphatic rings. The van der Waals surface area contributed by atoms with Crippen LogP contribution < -0.4 is 5.32 Å². The van der Waals surface area contributed by atoms with Crippen LogP contribution in [0.4, 0.5) is 10.2 Å². The number of carbonyl (C=O) groups excluding carboxylic acids is 1. The van der Waals surface area contributed by atoms with Gasteiger partial charge >= 0.3 is 0 Å². The summed E-state index contributed by atoms with van der Waals surface area (Å²) >= 11 is 0. The van der Waals surface area contributed by atoms with E-state index in [9.17, 15) is 14.3 Å². The third-order valence-corrected chi connectivity index (χ3v) is 2.60. The molecule has 0 unspecified atom stereocenters. The van der Waals surface area contributed by atoms with Gasteiger partial charge < -0.3 is 10.4 Å². The van der Waals surface area contributed by atoms with Crippen LogP contribution in [0.2, 0.25) is 0 Å². The molecule has 0 fully saturated rings. The molecule has 4 nitrogen and oxygen atoms in total. The van der Waals surface area contributed by atoms with E-state index in [-0.39, 0.29) is 29.7 Å². The standard InChI is InChI=1S/C14H13FN2O2/c15-11-6-3-10(4-7-11)5-8-13(19)17-14-12(18)2-1-9-16-14/h1-4,6-7,9,18H,5,8H2,(H,16,17,19). The first-order valence-corrected chi connectivity index (χ1v) is 5.83. The molecule has 5 heteroatoms. The Morgan fingerprint density at radius 1 is 1.26 bits per heavy atom.